The van der Waals surface area contributed by atoms with Gasteiger partial charge >= 0.3 is 0 Å². The van der Waals surface area contributed by atoms with Crippen molar-refractivity contribution in [2.45, 2.75) is 0 Å². The summed E-state index contributed by atoms with van der Waals surface area (Å²) in [7, 11) is 0. The predicted molar refractivity (Wildman–Crippen MR) is 137 cm³/mol. The maximum absolute atomic E-state index is 4.93. The van der Waals surface area contributed by atoms with Crippen molar-refractivity contribution in [2.24, 2.45) is 0 Å². The first-order valence-electron chi connectivity index (χ1n) is 10.2. The van der Waals surface area contributed by atoms with Gasteiger partial charge in [0.1, 0.15) is 0 Å². The summed E-state index contributed by atoms with van der Waals surface area (Å²) in [5.41, 5.74) is 2.93. The molecule has 2 aromatic heterocycles. The summed E-state index contributed by atoms with van der Waals surface area (Å²) >= 11 is 5.44. The van der Waals surface area contributed by atoms with Crippen molar-refractivity contribution >= 4 is 47.4 Å². The van der Waals surface area contributed by atoms with E-state index in [1.54, 1.807) is 11.3 Å². The summed E-state index contributed by atoms with van der Waals surface area (Å²) < 4.78 is 3.41. The van der Waals surface area contributed by atoms with E-state index in [0.29, 0.717) is 17.5 Å². The molecule has 0 N–H and O–H groups in total. The lowest BCUT2D eigenvalue weighted by Crippen LogP contribution is -2.00. The summed E-state index contributed by atoms with van der Waals surface area (Å²) in [5.74, 6) is 2.00. The van der Waals surface area contributed by atoms with Crippen LogP contribution in [0, 0.1) is 0 Å². The highest BCUT2D eigenvalue weighted by molar-refractivity contribution is 9.10. The first kappa shape index (κ1) is 19.3. The van der Waals surface area contributed by atoms with Crippen molar-refractivity contribution in [3.8, 4) is 34.2 Å². The summed E-state index contributed by atoms with van der Waals surface area (Å²) in [6.45, 7) is 0. The molecule has 0 saturated heterocycles. The van der Waals surface area contributed by atoms with Crippen LogP contribution in [0.1, 0.15) is 0 Å². The van der Waals surface area contributed by atoms with Crippen LogP contribution in [0.5, 0.6) is 0 Å². The lowest BCUT2D eigenvalue weighted by atomic mass is 10.1. The summed E-state index contributed by atoms with van der Waals surface area (Å²) in [6, 6.07) is 33.0. The maximum Gasteiger partial charge on any atom is 0.165 e. The van der Waals surface area contributed by atoms with Gasteiger partial charge in [-0.05, 0) is 18.2 Å². The minimum Gasteiger partial charge on any atom is -0.208 e. The Labute approximate surface area is 197 Å². The van der Waals surface area contributed by atoms with E-state index >= 15 is 0 Å². The number of rotatable bonds is 3. The molecule has 0 aliphatic carbocycles. The van der Waals surface area contributed by atoms with Crippen molar-refractivity contribution in [1.29, 1.82) is 0 Å². The van der Waals surface area contributed by atoms with E-state index in [2.05, 4.69) is 58.4 Å². The highest BCUT2D eigenvalue weighted by Crippen LogP contribution is 2.39. The molecule has 0 amide bonds. The van der Waals surface area contributed by atoms with Crippen LogP contribution in [0.2, 0.25) is 0 Å². The van der Waals surface area contributed by atoms with Gasteiger partial charge in [0.15, 0.2) is 17.5 Å². The van der Waals surface area contributed by atoms with Crippen LogP contribution in [0.3, 0.4) is 0 Å². The second-order valence-electron chi connectivity index (χ2n) is 7.43. The average molecular weight is 494 g/mol. The molecule has 0 saturated carbocycles. The Hall–Kier alpha value is -3.41. The van der Waals surface area contributed by atoms with E-state index in [1.165, 1.54) is 20.2 Å². The smallest absolute Gasteiger partial charge is 0.165 e. The highest BCUT2D eigenvalue weighted by atomic mass is 79.9. The minimum absolute atomic E-state index is 0.652. The van der Waals surface area contributed by atoms with Gasteiger partial charge in [0.25, 0.3) is 0 Å². The van der Waals surface area contributed by atoms with Crippen molar-refractivity contribution in [2.75, 3.05) is 0 Å². The molecule has 0 bridgehead atoms. The van der Waals surface area contributed by atoms with Gasteiger partial charge in [-0.25, -0.2) is 15.0 Å². The molecule has 0 fully saturated rings. The fourth-order valence-electron chi connectivity index (χ4n) is 3.90. The highest BCUT2D eigenvalue weighted by Gasteiger charge is 2.17. The molecule has 0 atom stereocenters. The Balaban J connectivity index is 1.64. The fourth-order valence-corrected chi connectivity index (χ4v) is 5.57. The first-order valence-corrected chi connectivity index (χ1v) is 11.9. The lowest BCUT2D eigenvalue weighted by molar-refractivity contribution is 1.07. The molecule has 3 nitrogen and oxygen atoms in total. The van der Waals surface area contributed by atoms with Gasteiger partial charge in [0.2, 0.25) is 0 Å². The van der Waals surface area contributed by atoms with Gasteiger partial charge in [0.05, 0.1) is 0 Å². The van der Waals surface area contributed by atoms with Crippen molar-refractivity contribution in [3.63, 3.8) is 0 Å². The van der Waals surface area contributed by atoms with Crippen molar-refractivity contribution in [3.05, 3.63) is 102 Å². The Bertz CT molecular complexity index is 1590. The fraction of sp³-hybridized carbons (Fsp3) is 0. The molecule has 2 heterocycles. The third-order valence-corrected chi connectivity index (χ3v) is 7.34. The predicted octanol–water partition coefficient (Wildman–Crippen LogP) is 8.00. The number of nitrogens with zero attached hydrogens (tertiary/aromatic N) is 3. The normalized spacial score (nSPS) is 11.3. The number of fused-ring (bicyclic) bond motifs is 3. The second kappa shape index (κ2) is 7.93. The Morgan fingerprint density at radius 3 is 2.00 bits per heavy atom. The Kier molecular flexibility index (Phi) is 4.78. The van der Waals surface area contributed by atoms with Gasteiger partial charge in [-0.1, -0.05) is 94.8 Å². The number of halogens is 1. The minimum atomic E-state index is 0.652. The van der Waals surface area contributed by atoms with Gasteiger partial charge in [-0.2, -0.15) is 0 Å². The third-order valence-electron chi connectivity index (χ3n) is 5.43. The number of hydrogen-bond acceptors (Lipinski definition) is 4. The molecule has 6 rings (SSSR count). The molecule has 5 heteroatoms. The second-order valence-corrected chi connectivity index (χ2v) is 9.34. The Morgan fingerprint density at radius 1 is 0.531 bits per heavy atom. The quantitative estimate of drug-likeness (QED) is 0.250. The van der Waals surface area contributed by atoms with Crippen LogP contribution in [0.25, 0.3) is 54.3 Å². The first-order chi connectivity index (χ1) is 15.8. The molecule has 0 spiro atoms. The van der Waals surface area contributed by atoms with E-state index in [1.807, 2.05) is 54.6 Å². The molecular formula is C27H16BrN3S. The maximum atomic E-state index is 4.93. The topological polar surface area (TPSA) is 38.7 Å². The lowest BCUT2D eigenvalue weighted by Gasteiger charge is -2.10. The molecule has 152 valence electrons. The van der Waals surface area contributed by atoms with Gasteiger partial charge in [-0.15, -0.1) is 11.3 Å². The largest absolute Gasteiger partial charge is 0.208 e. The van der Waals surface area contributed by atoms with Gasteiger partial charge in [-0.3, -0.25) is 0 Å². The van der Waals surface area contributed by atoms with Crippen LogP contribution in [0.4, 0.5) is 0 Å². The zero-order chi connectivity index (χ0) is 21.5. The average Bonchev–Trinajstić information content (AvgIpc) is 3.23. The number of aromatic nitrogens is 3. The van der Waals surface area contributed by atoms with Gasteiger partial charge in [0, 0.05) is 41.3 Å². The molecule has 0 unspecified atom stereocenters. The zero-order valence-corrected chi connectivity index (χ0v) is 19.3. The number of benzene rings is 4. The van der Waals surface area contributed by atoms with Crippen molar-refractivity contribution < 1.29 is 0 Å². The summed E-state index contributed by atoms with van der Waals surface area (Å²) in [5, 5.41) is 2.49. The van der Waals surface area contributed by atoms with Crippen LogP contribution < -0.4 is 0 Å². The van der Waals surface area contributed by atoms with Crippen molar-refractivity contribution in [1.82, 2.24) is 15.0 Å². The zero-order valence-electron chi connectivity index (χ0n) is 16.9. The van der Waals surface area contributed by atoms with E-state index in [4.69, 9.17) is 15.0 Å². The van der Waals surface area contributed by atoms with E-state index < -0.39 is 0 Å². The monoisotopic (exact) mass is 493 g/mol. The van der Waals surface area contributed by atoms with E-state index in [9.17, 15) is 0 Å². The van der Waals surface area contributed by atoms with Crippen LogP contribution in [-0.4, -0.2) is 15.0 Å². The molecule has 6 aromatic rings. The summed E-state index contributed by atoms with van der Waals surface area (Å²) in [6.07, 6.45) is 0. The molecule has 0 aliphatic heterocycles. The molecular weight excluding hydrogens is 478 g/mol. The van der Waals surface area contributed by atoms with Gasteiger partial charge < -0.3 is 0 Å². The van der Waals surface area contributed by atoms with E-state index in [-0.39, 0.29) is 0 Å². The van der Waals surface area contributed by atoms with Crippen LogP contribution >= 0.6 is 27.3 Å². The standard InChI is InChI=1S/C27H16BrN3S/c28-22-15-6-4-12-20(22)26-29-25(17-9-2-1-3-10-17)30-27(31-26)21-14-8-13-19-18-11-5-7-16-23(18)32-24(19)21/h1-16H. The SMILES string of the molecule is Brc1ccccc1-c1nc(-c2ccccc2)nc(-c2cccc3c2sc2ccccc23)n1. The third kappa shape index (κ3) is 3.30. The van der Waals surface area contributed by atoms with E-state index in [0.717, 1.165) is 21.2 Å². The van der Waals surface area contributed by atoms with Crippen LogP contribution in [0.15, 0.2) is 102 Å². The van der Waals surface area contributed by atoms with Crippen LogP contribution in [-0.2, 0) is 0 Å². The molecule has 0 aliphatic rings. The Morgan fingerprint density at radius 2 is 1.16 bits per heavy atom. The number of thiophene rings is 1. The number of hydrogen-bond donors (Lipinski definition) is 0. The molecule has 0 radical (unpaired) electrons. The summed E-state index contributed by atoms with van der Waals surface area (Å²) in [4.78, 5) is 14.7. The molecule has 4 aromatic carbocycles. The molecule has 32 heavy (non-hydrogen) atoms.